The number of nitrogens with one attached hydrogen (secondary N) is 1. The van der Waals surface area contributed by atoms with Crippen LogP contribution in [0.3, 0.4) is 0 Å². The Balaban J connectivity index is 1.78. The predicted molar refractivity (Wildman–Crippen MR) is 80.8 cm³/mol. The van der Waals surface area contributed by atoms with Crippen LogP contribution in [-0.4, -0.2) is 31.5 Å². The normalized spacial score (nSPS) is 12.9. The van der Waals surface area contributed by atoms with E-state index < -0.39 is 0 Å². The van der Waals surface area contributed by atoms with Crippen molar-refractivity contribution in [3.8, 4) is 0 Å². The van der Waals surface area contributed by atoms with Crippen LogP contribution in [0.25, 0.3) is 10.1 Å². The molecule has 1 aromatic heterocycles. The number of aliphatic hydroxyl groups excluding tert-OH is 1. The molecular weight excluding hydrogens is 258 g/mol. The van der Waals surface area contributed by atoms with Crippen molar-refractivity contribution < 1.29 is 9.84 Å². The Morgan fingerprint density at radius 2 is 2.16 bits per heavy atom. The molecule has 0 amide bonds. The highest BCUT2D eigenvalue weighted by Crippen LogP contribution is 2.29. The van der Waals surface area contributed by atoms with Crippen molar-refractivity contribution in [2.24, 2.45) is 0 Å². The van der Waals surface area contributed by atoms with Crippen LogP contribution in [0.4, 0.5) is 0 Å². The van der Waals surface area contributed by atoms with Gasteiger partial charge in [0, 0.05) is 22.2 Å². The summed E-state index contributed by atoms with van der Waals surface area (Å²) in [6.07, 6.45) is 0.967. The van der Waals surface area contributed by atoms with Crippen molar-refractivity contribution in [2.75, 3.05) is 26.4 Å². The van der Waals surface area contributed by atoms with Crippen molar-refractivity contribution in [1.29, 1.82) is 0 Å². The topological polar surface area (TPSA) is 41.5 Å². The lowest BCUT2D eigenvalue weighted by molar-refractivity contribution is 0.0905. The van der Waals surface area contributed by atoms with Gasteiger partial charge in [0.1, 0.15) is 0 Å². The summed E-state index contributed by atoms with van der Waals surface area (Å²) in [5.41, 5.74) is 0. The lowest BCUT2D eigenvalue weighted by Gasteiger charge is -2.11. The fraction of sp³-hybridized carbons (Fsp3) is 0.467. The molecular formula is C15H21NO2S. The van der Waals surface area contributed by atoms with Crippen molar-refractivity contribution in [3.05, 3.63) is 35.2 Å². The summed E-state index contributed by atoms with van der Waals surface area (Å²) in [4.78, 5) is 1.37. The van der Waals surface area contributed by atoms with E-state index in [1.165, 1.54) is 15.0 Å². The first-order valence-electron chi connectivity index (χ1n) is 6.71. The zero-order valence-corrected chi connectivity index (χ0v) is 12.1. The van der Waals surface area contributed by atoms with E-state index in [1.54, 1.807) is 0 Å². The number of ether oxygens (including phenoxy) is 1. The molecule has 1 heterocycles. The second kappa shape index (κ2) is 7.60. The van der Waals surface area contributed by atoms with E-state index in [1.807, 2.05) is 11.3 Å². The van der Waals surface area contributed by atoms with Crippen LogP contribution in [0.5, 0.6) is 0 Å². The molecule has 2 N–H and O–H groups in total. The maximum Gasteiger partial charge on any atom is 0.0697 e. The monoisotopic (exact) mass is 279 g/mol. The SMILES string of the molecule is CC(NCCCOCCO)c1cc2ccccc2s1. The summed E-state index contributed by atoms with van der Waals surface area (Å²) in [6.45, 7) is 4.37. The highest BCUT2D eigenvalue weighted by atomic mass is 32.1. The van der Waals surface area contributed by atoms with Gasteiger partial charge in [0.15, 0.2) is 0 Å². The third-order valence-corrected chi connectivity index (χ3v) is 4.32. The standard InChI is InChI=1S/C15H21NO2S/c1-12(16-7-4-9-18-10-8-17)15-11-13-5-2-3-6-14(13)19-15/h2-3,5-6,11-12,16-17H,4,7-10H2,1H3. The van der Waals surface area contributed by atoms with Crippen LogP contribution in [0.1, 0.15) is 24.3 Å². The Hall–Kier alpha value is -0.940. The van der Waals surface area contributed by atoms with Gasteiger partial charge in [-0.2, -0.15) is 0 Å². The van der Waals surface area contributed by atoms with Gasteiger partial charge < -0.3 is 15.2 Å². The number of benzene rings is 1. The van der Waals surface area contributed by atoms with Crippen LogP contribution in [-0.2, 0) is 4.74 Å². The molecule has 0 saturated carbocycles. The van der Waals surface area contributed by atoms with E-state index in [0.717, 1.165) is 13.0 Å². The molecule has 0 saturated heterocycles. The fourth-order valence-corrected chi connectivity index (χ4v) is 3.07. The summed E-state index contributed by atoms with van der Waals surface area (Å²) >= 11 is 1.85. The van der Waals surface area contributed by atoms with Crippen LogP contribution in [0.2, 0.25) is 0 Å². The third-order valence-electron chi connectivity index (χ3n) is 3.02. The molecule has 4 heteroatoms. The average molecular weight is 279 g/mol. The Kier molecular flexibility index (Phi) is 5.79. The van der Waals surface area contributed by atoms with Gasteiger partial charge >= 0.3 is 0 Å². The van der Waals surface area contributed by atoms with Gasteiger partial charge in [-0.15, -0.1) is 11.3 Å². The van der Waals surface area contributed by atoms with Crippen molar-refractivity contribution in [3.63, 3.8) is 0 Å². The van der Waals surface area contributed by atoms with Gasteiger partial charge in [-0.1, -0.05) is 18.2 Å². The highest BCUT2D eigenvalue weighted by Gasteiger charge is 2.08. The van der Waals surface area contributed by atoms with E-state index in [4.69, 9.17) is 9.84 Å². The molecule has 0 aliphatic heterocycles. The minimum Gasteiger partial charge on any atom is -0.394 e. The third kappa shape index (κ3) is 4.28. The van der Waals surface area contributed by atoms with E-state index in [0.29, 0.717) is 19.3 Å². The summed E-state index contributed by atoms with van der Waals surface area (Å²) in [5, 5.41) is 13.4. The second-order valence-electron chi connectivity index (χ2n) is 4.55. The van der Waals surface area contributed by atoms with E-state index >= 15 is 0 Å². The number of aliphatic hydroxyl groups is 1. The van der Waals surface area contributed by atoms with Crippen LogP contribution in [0, 0.1) is 0 Å². The van der Waals surface area contributed by atoms with Crippen LogP contribution >= 0.6 is 11.3 Å². The molecule has 1 aromatic carbocycles. The van der Waals surface area contributed by atoms with Gasteiger partial charge in [-0.05, 0) is 37.4 Å². The second-order valence-corrected chi connectivity index (χ2v) is 5.67. The van der Waals surface area contributed by atoms with Gasteiger partial charge in [-0.25, -0.2) is 0 Å². The summed E-state index contributed by atoms with van der Waals surface area (Å²) in [5.74, 6) is 0. The summed E-state index contributed by atoms with van der Waals surface area (Å²) < 4.78 is 6.58. The molecule has 1 unspecified atom stereocenters. The molecule has 19 heavy (non-hydrogen) atoms. The Morgan fingerprint density at radius 3 is 2.95 bits per heavy atom. The first-order chi connectivity index (χ1) is 9.31. The fourth-order valence-electron chi connectivity index (χ4n) is 1.98. The van der Waals surface area contributed by atoms with Crippen molar-refractivity contribution in [2.45, 2.75) is 19.4 Å². The minimum absolute atomic E-state index is 0.103. The molecule has 1 atom stereocenters. The molecule has 0 bridgehead atoms. The van der Waals surface area contributed by atoms with Crippen LogP contribution < -0.4 is 5.32 Å². The molecule has 0 radical (unpaired) electrons. The minimum atomic E-state index is 0.103. The zero-order valence-electron chi connectivity index (χ0n) is 11.3. The first-order valence-corrected chi connectivity index (χ1v) is 7.53. The highest BCUT2D eigenvalue weighted by molar-refractivity contribution is 7.19. The number of thiophene rings is 1. The molecule has 2 rings (SSSR count). The van der Waals surface area contributed by atoms with Crippen molar-refractivity contribution >= 4 is 21.4 Å². The molecule has 0 spiro atoms. The smallest absolute Gasteiger partial charge is 0.0697 e. The van der Waals surface area contributed by atoms with E-state index in [2.05, 4.69) is 42.6 Å². The number of hydrogen-bond acceptors (Lipinski definition) is 4. The van der Waals surface area contributed by atoms with Gasteiger partial charge in [-0.3, -0.25) is 0 Å². The molecule has 0 aliphatic rings. The number of fused-ring (bicyclic) bond motifs is 1. The van der Waals surface area contributed by atoms with Crippen molar-refractivity contribution in [1.82, 2.24) is 5.32 Å². The lowest BCUT2D eigenvalue weighted by atomic mass is 10.2. The molecule has 104 valence electrons. The number of hydrogen-bond donors (Lipinski definition) is 2. The van der Waals surface area contributed by atoms with Gasteiger partial charge in [0.05, 0.1) is 13.2 Å². The molecule has 0 aliphatic carbocycles. The summed E-state index contributed by atoms with van der Waals surface area (Å²) in [7, 11) is 0. The molecule has 0 fully saturated rings. The first kappa shape index (κ1) is 14.5. The van der Waals surface area contributed by atoms with E-state index in [-0.39, 0.29) is 6.61 Å². The molecule has 2 aromatic rings. The largest absolute Gasteiger partial charge is 0.394 e. The zero-order chi connectivity index (χ0) is 13.5. The maximum absolute atomic E-state index is 8.59. The lowest BCUT2D eigenvalue weighted by Crippen LogP contribution is -2.20. The molecule has 3 nitrogen and oxygen atoms in total. The predicted octanol–water partition coefficient (Wildman–Crippen LogP) is 2.95. The summed E-state index contributed by atoms with van der Waals surface area (Å²) in [6, 6.07) is 11.1. The number of rotatable bonds is 8. The van der Waals surface area contributed by atoms with E-state index in [9.17, 15) is 0 Å². The van der Waals surface area contributed by atoms with Gasteiger partial charge in [0.25, 0.3) is 0 Å². The Labute approximate surface area is 118 Å². The van der Waals surface area contributed by atoms with Crippen LogP contribution in [0.15, 0.2) is 30.3 Å². The quantitative estimate of drug-likeness (QED) is 0.730. The Bertz CT molecular complexity index is 465. The average Bonchev–Trinajstić information content (AvgIpc) is 2.86. The Morgan fingerprint density at radius 1 is 1.32 bits per heavy atom. The maximum atomic E-state index is 8.59. The van der Waals surface area contributed by atoms with Gasteiger partial charge in [0.2, 0.25) is 0 Å².